The SMILES string of the molecule is COc1ccc2ccc3nc[se]c3c2c1. The van der Waals surface area contributed by atoms with Gasteiger partial charge in [-0.1, -0.05) is 0 Å². The molecule has 2 aromatic carbocycles. The molecule has 0 aliphatic rings. The van der Waals surface area contributed by atoms with Gasteiger partial charge >= 0.3 is 93.0 Å². The van der Waals surface area contributed by atoms with E-state index in [1.807, 2.05) is 11.1 Å². The van der Waals surface area contributed by atoms with Crippen molar-refractivity contribution in [3.05, 3.63) is 35.4 Å². The first kappa shape index (κ1) is 8.95. The molecule has 3 heteroatoms. The molecule has 0 radical (unpaired) electrons. The van der Waals surface area contributed by atoms with Crippen molar-refractivity contribution in [2.75, 3.05) is 7.11 Å². The molecular weight excluding hydrogens is 253 g/mol. The molecule has 0 spiro atoms. The van der Waals surface area contributed by atoms with Gasteiger partial charge in [0.05, 0.1) is 0 Å². The second-order valence-corrected chi connectivity index (χ2v) is 5.15. The number of hydrogen-bond donors (Lipinski definition) is 0. The van der Waals surface area contributed by atoms with E-state index in [1.54, 1.807) is 7.11 Å². The van der Waals surface area contributed by atoms with E-state index in [0.717, 1.165) is 11.3 Å². The van der Waals surface area contributed by atoms with Gasteiger partial charge in [-0.15, -0.1) is 0 Å². The third kappa shape index (κ3) is 1.36. The van der Waals surface area contributed by atoms with Crippen molar-refractivity contribution in [2.24, 2.45) is 0 Å². The minimum absolute atomic E-state index is 0.376. The van der Waals surface area contributed by atoms with Crippen molar-refractivity contribution in [3.63, 3.8) is 0 Å². The number of benzene rings is 2. The molecule has 0 amide bonds. The van der Waals surface area contributed by atoms with E-state index in [9.17, 15) is 0 Å². The third-order valence-corrected chi connectivity index (χ3v) is 4.36. The van der Waals surface area contributed by atoms with E-state index in [4.69, 9.17) is 4.74 Å². The van der Waals surface area contributed by atoms with Crippen LogP contribution >= 0.6 is 0 Å². The summed E-state index contributed by atoms with van der Waals surface area (Å²) >= 11 is 0.376. The van der Waals surface area contributed by atoms with E-state index in [0.29, 0.717) is 14.5 Å². The van der Waals surface area contributed by atoms with Gasteiger partial charge in [0.2, 0.25) is 0 Å². The number of ether oxygens (including phenoxy) is 1. The summed E-state index contributed by atoms with van der Waals surface area (Å²) in [5.74, 6) is 0.915. The van der Waals surface area contributed by atoms with Crippen LogP contribution in [-0.2, 0) is 0 Å². The third-order valence-electron chi connectivity index (χ3n) is 2.52. The fourth-order valence-corrected chi connectivity index (χ4v) is 3.46. The molecule has 0 saturated carbocycles. The summed E-state index contributed by atoms with van der Waals surface area (Å²) in [5.41, 5.74) is 1.12. The first-order valence-corrected chi connectivity index (χ1v) is 6.53. The molecular formula is C12H9NOSe. The van der Waals surface area contributed by atoms with Crippen LogP contribution in [0.4, 0.5) is 0 Å². The van der Waals surface area contributed by atoms with Crippen LogP contribution in [0.25, 0.3) is 20.5 Å². The number of fused-ring (bicyclic) bond motifs is 3. The zero-order valence-corrected chi connectivity index (χ0v) is 9.94. The molecule has 3 rings (SSSR count). The summed E-state index contributed by atoms with van der Waals surface area (Å²) in [6, 6.07) is 10.4. The zero-order chi connectivity index (χ0) is 10.3. The molecule has 0 saturated heterocycles. The molecule has 0 atom stereocenters. The number of nitrogens with zero attached hydrogens (tertiary/aromatic N) is 1. The van der Waals surface area contributed by atoms with Gasteiger partial charge in [0.1, 0.15) is 0 Å². The Morgan fingerprint density at radius 1 is 1.20 bits per heavy atom. The Bertz CT molecular complexity index is 630. The number of aromatic nitrogens is 1. The quantitative estimate of drug-likeness (QED) is 0.628. The molecule has 3 aromatic rings. The average molecular weight is 262 g/mol. The molecule has 0 fully saturated rings. The summed E-state index contributed by atoms with van der Waals surface area (Å²) in [6.45, 7) is 0. The van der Waals surface area contributed by atoms with Gasteiger partial charge in [-0.2, -0.15) is 0 Å². The maximum atomic E-state index is 5.25. The molecule has 15 heavy (non-hydrogen) atoms. The molecule has 0 aliphatic carbocycles. The van der Waals surface area contributed by atoms with Crippen molar-refractivity contribution < 1.29 is 4.74 Å². The van der Waals surface area contributed by atoms with Crippen LogP contribution in [-0.4, -0.2) is 26.6 Å². The molecule has 0 bridgehead atoms. The Morgan fingerprint density at radius 2 is 2.07 bits per heavy atom. The van der Waals surface area contributed by atoms with E-state index in [2.05, 4.69) is 29.2 Å². The summed E-state index contributed by atoms with van der Waals surface area (Å²) in [6.07, 6.45) is 0. The fraction of sp³-hybridized carbons (Fsp3) is 0.0833. The van der Waals surface area contributed by atoms with Gasteiger partial charge in [-0.25, -0.2) is 0 Å². The van der Waals surface area contributed by atoms with Crippen molar-refractivity contribution in [1.82, 2.24) is 4.98 Å². The van der Waals surface area contributed by atoms with E-state index < -0.39 is 0 Å². The van der Waals surface area contributed by atoms with Crippen LogP contribution in [0.1, 0.15) is 0 Å². The predicted octanol–water partition coefficient (Wildman–Crippen LogP) is 2.45. The standard InChI is InChI=1S/C12H9NOSe/c1-14-9-4-2-8-3-5-11-12(10(8)6-9)15-7-13-11/h2-7H,1H3. The van der Waals surface area contributed by atoms with Crippen molar-refractivity contribution in [3.8, 4) is 5.75 Å². The summed E-state index contributed by atoms with van der Waals surface area (Å²) < 4.78 is 6.62. The van der Waals surface area contributed by atoms with Crippen LogP contribution in [0.3, 0.4) is 0 Å². The topological polar surface area (TPSA) is 22.1 Å². The Morgan fingerprint density at radius 3 is 2.93 bits per heavy atom. The van der Waals surface area contributed by atoms with Gasteiger partial charge in [0, 0.05) is 0 Å². The van der Waals surface area contributed by atoms with Crippen molar-refractivity contribution >= 4 is 35.1 Å². The van der Waals surface area contributed by atoms with Gasteiger partial charge in [0.25, 0.3) is 0 Å². The first-order chi connectivity index (χ1) is 7.38. The number of rotatable bonds is 1. The normalized spacial score (nSPS) is 11.0. The van der Waals surface area contributed by atoms with Crippen LogP contribution in [0.15, 0.2) is 35.4 Å². The fourth-order valence-electron chi connectivity index (χ4n) is 1.75. The number of hydrogen-bond acceptors (Lipinski definition) is 2. The van der Waals surface area contributed by atoms with Crippen LogP contribution < -0.4 is 4.74 Å². The Hall–Kier alpha value is -1.31. The Labute approximate surface area is 93.3 Å². The minimum atomic E-state index is 0.376. The van der Waals surface area contributed by atoms with Crippen molar-refractivity contribution in [2.45, 2.75) is 0 Å². The number of methoxy groups -OCH3 is 1. The Balaban J connectivity index is 2.48. The van der Waals surface area contributed by atoms with E-state index >= 15 is 0 Å². The van der Waals surface area contributed by atoms with Crippen molar-refractivity contribution in [1.29, 1.82) is 0 Å². The second kappa shape index (κ2) is 3.37. The zero-order valence-electron chi connectivity index (χ0n) is 8.23. The summed E-state index contributed by atoms with van der Waals surface area (Å²) in [7, 11) is 1.70. The predicted molar refractivity (Wildman–Crippen MR) is 62.7 cm³/mol. The molecule has 0 unspecified atom stereocenters. The van der Waals surface area contributed by atoms with E-state index in [-0.39, 0.29) is 0 Å². The molecule has 1 aromatic heterocycles. The molecule has 74 valence electrons. The maximum absolute atomic E-state index is 5.25. The van der Waals surface area contributed by atoms with Gasteiger partial charge in [-0.05, 0) is 0 Å². The van der Waals surface area contributed by atoms with Gasteiger partial charge in [-0.3, -0.25) is 0 Å². The summed E-state index contributed by atoms with van der Waals surface area (Å²) in [5, 5.41) is 4.57. The van der Waals surface area contributed by atoms with Crippen LogP contribution in [0, 0.1) is 0 Å². The molecule has 0 aliphatic heterocycles. The summed E-state index contributed by atoms with van der Waals surface area (Å²) in [4.78, 5) is 4.37. The monoisotopic (exact) mass is 263 g/mol. The van der Waals surface area contributed by atoms with Gasteiger partial charge < -0.3 is 0 Å². The Kier molecular flexibility index (Phi) is 2.01. The van der Waals surface area contributed by atoms with Crippen LogP contribution in [0.5, 0.6) is 5.75 Å². The molecule has 2 nitrogen and oxygen atoms in total. The van der Waals surface area contributed by atoms with Gasteiger partial charge in [0.15, 0.2) is 0 Å². The van der Waals surface area contributed by atoms with E-state index in [1.165, 1.54) is 15.0 Å². The molecule has 1 heterocycles. The second-order valence-electron chi connectivity index (χ2n) is 3.35. The first-order valence-electron chi connectivity index (χ1n) is 4.68. The molecule has 0 N–H and O–H groups in total. The van der Waals surface area contributed by atoms with Crippen LogP contribution in [0.2, 0.25) is 0 Å². The average Bonchev–Trinajstić information content (AvgIpc) is 2.76.